The highest BCUT2D eigenvalue weighted by Gasteiger charge is 2.23. The number of piperazine rings is 1. The summed E-state index contributed by atoms with van der Waals surface area (Å²) < 4.78 is 0. The first-order valence-electron chi connectivity index (χ1n) is 6.88. The number of carbonyl (C=O) groups is 2. The van der Waals surface area contributed by atoms with Gasteiger partial charge < -0.3 is 14.8 Å². The molecule has 7 nitrogen and oxygen atoms in total. The minimum atomic E-state index is -0.281. The lowest BCUT2D eigenvalue weighted by atomic mass is 10.2. The van der Waals surface area contributed by atoms with Crippen LogP contribution in [0.15, 0.2) is 23.0 Å². The second kappa shape index (κ2) is 6.53. The first kappa shape index (κ1) is 15.2. The van der Waals surface area contributed by atoms with Crippen molar-refractivity contribution in [1.29, 1.82) is 0 Å². The molecule has 1 aliphatic rings. The monoisotopic (exact) mass is 292 g/mol. The molecule has 0 spiro atoms. The third kappa shape index (κ3) is 3.91. The Kier molecular flexibility index (Phi) is 4.74. The molecule has 114 valence electrons. The summed E-state index contributed by atoms with van der Waals surface area (Å²) in [6.45, 7) is 2.79. The number of carbonyl (C=O) groups excluding carboxylic acids is 2. The number of nitrogens with zero attached hydrogens (tertiary/aromatic N) is 3. The Morgan fingerprint density at radius 1 is 1.19 bits per heavy atom. The maximum absolute atomic E-state index is 12.3. The number of likely N-dealkylation sites (N-methyl/N-ethyl adjacent to an activating group) is 1. The van der Waals surface area contributed by atoms with E-state index in [-0.39, 0.29) is 17.4 Å². The van der Waals surface area contributed by atoms with Crippen molar-refractivity contribution in [3.8, 4) is 0 Å². The van der Waals surface area contributed by atoms with Gasteiger partial charge in [0.05, 0.1) is 6.54 Å². The number of pyridine rings is 1. The molecule has 1 aromatic heterocycles. The van der Waals surface area contributed by atoms with Crippen molar-refractivity contribution < 1.29 is 9.59 Å². The third-order valence-electron chi connectivity index (χ3n) is 3.52. The van der Waals surface area contributed by atoms with Gasteiger partial charge in [-0.2, -0.15) is 0 Å². The van der Waals surface area contributed by atoms with Crippen LogP contribution in [-0.2, 0) is 4.79 Å². The molecule has 2 amide bonds. The molecule has 1 N–H and O–H groups in total. The summed E-state index contributed by atoms with van der Waals surface area (Å²) in [5.74, 6) is -0.117. The molecular formula is C14H20N4O3. The molecular weight excluding hydrogens is 272 g/mol. The van der Waals surface area contributed by atoms with Crippen LogP contribution in [-0.4, -0.2) is 78.3 Å². The first-order valence-corrected chi connectivity index (χ1v) is 6.88. The van der Waals surface area contributed by atoms with Crippen molar-refractivity contribution in [2.24, 2.45) is 0 Å². The van der Waals surface area contributed by atoms with Crippen LogP contribution in [0.3, 0.4) is 0 Å². The summed E-state index contributed by atoms with van der Waals surface area (Å²) in [4.78, 5) is 43.0. The van der Waals surface area contributed by atoms with E-state index in [0.717, 1.165) is 0 Å². The Morgan fingerprint density at radius 2 is 1.86 bits per heavy atom. The standard InChI is InChI=1S/C14H20N4O3/c1-16(2)13(20)10-17-6-8-18(9-7-17)14(21)11-4-3-5-12(19)15-11/h3-5H,6-10H2,1-2H3,(H,15,19). The molecule has 2 rings (SSSR count). The van der Waals surface area contributed by atoms with Crippen LogP contribution in [0.25, 0.3) is 0 Å². The molecule has 1 fully saturated rings. The SMILES string of the molecule is CN(C)C(=O)CN1CCN(C(=O)c2cccc(=O)[nH]2)CC1. The second-order valence-corrected chi connectivity index (χ2v) is 5.29. The van der Waals surface area contributed by atoms with E-state index >= 15 is 0 Å². The zero-order valence-corrected chi connectivity index (χ0v) is 12.3. The summed E-state index contributed by atoms with van der Waals surface area (Å²) in [6, 6.07) is 4.55. The molecule has 0 aromatic carbocycles. The minimum absolute atomic E-state index is 0.0576. The number of nitrogens with one attached hydrogen (secondary N) is 1. The van der Waals surface area contributed by atoms with Gasteiger partial charge in [0.1, 0.15) is 5.69 Å². The predicted octanol–water partition coefficient (Wildman–Crippen LogP) is -0.779. The zero-order valence-electron chi connectivity index (χ0n) is 12.3. The summed E-state index contributed by atoms with van der Waals surface area (Å²) in [7, 11) is 3.46. The summed E-state index contributed by atoms with van der Waals surface area (Å²) >= 11 is 0. The molecule has 7 heteroatoms. The molecule has 2 heterocycles. The van der Waals surface area contributed by atoms with E-state index in [1.807, 2.05) is 4.90 Å². The smallest absolute Gasteiger partial charge is 0.270 e. The van der Waals surface area contributed by atoms with E-state index in [2.05, 4.69) is 4.98 Å². The van der Waals surface area contributed by atoms with Crippen LogP contribution in [0.5, 0.6) is 0 Å². The van der Waals surface area contributed by atoms with E-state index in [0.29, 0.717) is 38.4 Å². The Morgan fingerprint density at radius 3 is 2.43 bits per heavy atom. The third-order valence-corrected chi connectivity index (χ3v) is 3.52. The van der Waals surface area contributed by atoms with E-state index in [1.165, 1.54) is 6.07 Å². The quantitative estimate of drug-likeness (QED) is 0.793. The summed E-state index contributed by atoms with van der Waals surface area (Å²) in [6.07, 6.45) is 0. The molecule has 0 unspecified atom stereocenters. The molecule has 0 saturated carbocycles. The topological polar surface area (TPSA) is 76.7 Å². The van der Waals surface area contributed by atoms with Crippen molar-refractivity contribution in [2.75, 3.05) is 46.8 Å². The van der Waals surface area contributed by atoms with Crippen LogP contribution in [0.1, 0.15) is 10.5 Å². The van der Waals surface area contributed by atoms with Crippen LogP contribution in [0, 0.1) is 0 Å². The predicted molar refractivity (Wildman–Crippen MR) is 78.1 cm³/mol. The van der Waals surface area contributed by atoms with Crippen LogP contribution < -0.4 is 5.56 Å². The molecule has 1 saturated heterocycles. The van der Waals surface area contributed by atoms with Crippen molar-refractivity contribution in [3.05, 3.63) is 34.2 Å². The molecule has 21 heavy (non-hydrogen) atoms. The number of H-pyrrole nitrogens is 1. The number of hydrogen-bond acceptors (Lipinski definition) is 4. The van der Waals surface area contributed by atoms with E-state index in [1.54, 1.807) is 36.0 Å². The van der Waals surface area contributed by atoms with Gasteiger partial charge in [-0.25, -0.2) is 0 Å². The maximum Gasteiger partial charge on any atom is 0.270 e. The van der Waals surface area contributed by atoms with Gasteiger partial charge in [-0.1, -0.05) is 6.07 Å². The van der Waals surface area contributed by atoms with Crippen LogP contribution >= 0.6 is 0 Å². The Labute approximate surface area is 123 Å². The fourth-order valence-corrected chi connectivity index (χ4v) is 2.18. The minimum Gasteiger partial charge on any atom is -0.348 e. The molecule has 1 aromatic rings. The van der Waals surface area contributed by atoms with Crippen molar-refractivity contribution in [1.82, 2.24) is 19.7 Å². The molecule has 0 bridgehead atoms. The highest BCUT2D eigenvalue weighted by atomic mass is 16.2. The molecule has 0 atom stereocenters. The number of amides is 2. The van der Waals surface area contributed by atoms with Crippen molar-refractivity contribution >= 4 is 11.8 Å². The average Bonchev–Trinajstić information content (AvgIpc) is 2.47. The number of aromatic nitrogens is 1. The number of rotatable bonds is 3. The lowest BCUT2D eigenvalue weighted by Gasteiger charge is -2.34. The Balaban J connectivity index is 1.90. The number of aromatic amines is 1. The van der Waals surface area contributed by atoms with Crippen LogP contribution in [0.4, 0.5) is 0 Å². The lowest BCUT2D eigenvalue weighted by Crippen LogP contribution is -2.51. The highest BCUT2D eigenvalue weighted by Crippen LogP contribution is 2.06. The fourth-order valence-electron chi connectivity index (χ4n) is 2.18. The highest BCUT2D eigenvalue weighted by molar-refractivity contribution is 5.92. The number of hydrogen-bond donors (Lipinski definition) is 1. The van der Waals surface area contributed by atoms with E-state index < -0.39 is 0 Å². The molecule has 0 radical (unpaired) electrons. The van der Waals surface area contributed by atoms with Crippen molar-refractivity contribution in [2.45, 2.75) is 0 Å². The largest absolute Gasteiger partial charge is 0.348 e. The van der Waals surface area contributed by atoms with Gasteiger partial charge in [0.2, 0.25) is 11.5 Å². The van der Waals surface area contributed by atoms with E-state index in [4.69, 9.17) is 0 Å². The fraction of sp³-hybridized carbons (Fsp3) is 0.500. The second-order valence-electron chi connectivity index (χ2n) is 5.29. The Bertz CT molecular complexity index is 574. The average molecular weight is 292 g/mol. The van der Waals surface area contributed by atoms with Crippen molar-refractivity contribution in [3.63, 3.8) is 0 Å². The summed E-state index contributed by atoms with van der Waals surface area (Å²) in [5.41, 5.74) is 0.0244. The van der Waals surface area contributed by atoms with Gasteiger partial charge in [0.15, 0.2) is 0 Å². The first-order chi connectivity index (χ1) is 9.97. The Hall–Kier alpha value is -2.15. The van der Waals surface area contributed by atoms with Gasteiger partial charge in [0, 0.05) is 46.3 Å². The lowest BCUT2D eigenvalue weighted by molar-refractivity contribution is -0.130. The summed E-state index contributed by atoms with van der Waals surface area (Å²) in [5, 5.41) is 0. The zero-order chi connectivity index (χ0) is 15.4. The normalized spacial score (nSPS) is 15.8. The maximum atomic E-state index is 12.3. The molecule has 0 aliphatic carbocycles. The van der Waals surface area contributed by atoms with Gasteiger partial charge in [-0.05, 0) is 6.07 Å². The van der Waals surface area contributed by atoms with Gasteiger partial charge in [-0.3, -0.25) is 19.3 Å². The van der Waals surface area contributed by atoms with Crippen LogP contribution in [0.2, 0.25) is 0 Å². The van der Waals surface area contributed by atoms with Gasteiger partial charge >= 0.3 is 0 Å². The van der Waals surface area contributed by atoms with E-state index in [9.17, 15) is 14.4 Å². The molecule has 1 aliphatic heterocycles. The van der Waals surface area contributed by atoms with Gasteiger partial charge in [-0.15, -0.1) is 0 Å². The van der Waals surface area contributed by atoms with Gasteiger partial charge in [0.25, 0.3) is 5.91 Å².